The summed E-state index contributed by atoms with van der Waals surface area (Å²) >= 11 is 0. The summed E-state index contributed by atoms with van der Waals surface area (Å²) in [5.41, 5.74) is 0. The molecule has 0 bridgehead atoms. The van der Waals surface area contributed by atoms with Gasteiger partial charge in [-0.2, -0.15) is 5.26 Å². The molecule has 0 rings (SSSR count). The molecule has 0 saturated heterocycles. The molecule has 0 amide bonds. The van der Waals surface area contributed by atoms with Crippen LogP contribution in [0.4, 0.5) is 0 Å². The Morgan fingerprint density at radius 2 is 1.44 bits per heavy atom. The molecule has 0 atom stereocenters. The maximum absolute atomic E-state index is 10.5. The van der Waals surface area contributed by atoms with Crippen LogP contribution in [0, 0.1) is 0 Å². The van der Waals surface area contributed by atoms with Gasteiger partial charge in [0.05, 0.1) is 0 Å². The van der Waals surface area contributed by atoms with Crippen LogP contribution in [-0.4, -0.2) is 11.2 Å². The molecule has 0 aromatic rings. The molecule has 0 spiro atoms. The Hall–Kier alpha value is 0.430. The van der Waals surface area contributed by atoms with Crippen LogP contribution < -0.4 is 29.6 Å². The van der Waals surface area contributed by atoms with Gasteiger partial charge in [0.2, 0.25) is 0 Å². The summed E-state index contributed by atoms with van der Waals surface area (Å²) in [7, 11) is 0. The molecule has 0 heterocycles. The molecule has 0 aliphatic rings. The standard InChI is InChI=1S/C12H24O3.Na.H/c1-2-3-4-5-6-7-8-9-10-11-12(13)15-14;;/h14H,2-11H2,1H3;;/q;+1;-1. The minimum atomic E-state index is -0.516. The van der Waals surface area contributed by atoms with E-state index >= 15 is 0 Å². The Kier molecular flexibility index (Phi) is 18.1. The molecule has 16 heavy (non-hydrogen) atoms. The fraction of sp³-hybridized carbons (Fsp3) is 0.917. The van der Waals surface area contributed by atoms with E-state index < -0.39 is 5.97 Å². The van der Waals surface area contributed by atoms with Crippen LogP contribution >= 0.6 is 0 Å². The molecule has 4 heteroatoms. The molecular weight excluding hydrogens is 215 g/mol. The summed E-state index contributed by atoms with van der Waals surface area (Å²) in [6.07, 6.45) is 11.3. The van der Waals surface area contributed by atoms with Crippen molar-refractivity contribution in [2.45, 2.75) is 71.1 Å². The first-order chi connectivity index (χ1) is 7.31. The zero-order valence-electron chi connectivity index (χ0n) is 11.8. The van der Waals surface area contributed by atoms with Gasteiger partial charge in [0.15, 0.2) is 0 Å². The Bertz CT molecular complexity index is 157. The van der Waals surface area contributed by atoms with Crippen LogP contribution in [0.1, 0.15) is 72.6 Å². The molecule has 3 nitrogen and oxygen atoms in total. The third-order valence-electron chi connectivity index (χ3n) is 2.59. The van der Waals surface area contributed by atoms with Gasteiger partial charge in [-0.3, -0.25) is 0 Å². The summed E-state index contributed by atoms with van der Waals surface area (Å²) in [6.45, 7) is 2.22. The van der Waals surface area contributed by atoms with Gasteiger partial charge in [-0.25, -0.2) is 4.79 Å². The monoisotopic (exact) mass is 240 g/mol. The third-order valence-corrected chi connectivity index (χ3v) is 2.59. The van der Waals surface area contributed by atoms with Gasteiger partial charge in [-0.1, -0.05) is 58.3 Å². The van der Waals surface area contributed by atoms with Crippen molar-refractivity contribution in [2.75, 3.05) is 0 Å². The second kappa shape index (κ2) is 15.4. The van der Waals surface area contributed by atoms with Crippen LogP contribution in [0.3, 0.4) is 0 Å². The molecule has 0 saturated carbocycles. The maximum atomic E-state index is 10.5. The summed E-state index contributed by atoms with van der Waals surface area (Å²) < 4.78 is 0. The summed E-state index contributed by atoms with van der Waals surface area (Å²) in [4.78, 5) is 14.1. The number of carbonyl (C=O) groups is 1. The maximum Gasteiger partial charge on any atom is 1.00 e. The van der Waals surface area contributed by atoms with Gasteiger partial charge in [-0.15, -0.1) is 0 Å². The average molecular weight is 240 g/mol. The van der Waals surface area contributed by atoms with Gasteiger partial charge >= 0.3 is 35.5 Å². The fourth-order valence-corrected chi connectivity index (χ4v) is 1.63. The second-order valence-electron chi connectivity index (χ2n) is 4.04. The van der Waals surface area contributed by atoms with Crippen molar-refractivity contribution in [1.82, 2.24) is 0 Å². The minimum absolute atomic E-state index is 0. The average Bonchev–Trinajstić information content (AvgIpc) is 2.26. The first-order valence-electron chi connectivity index (χ1n) is 6.15. The Morgan fingerprint density at radius 3 is 1.88 bits per heavy atom. The van der Waals surface area contributed by atoms with Crippen LogP contribution in [0.2, 0.25) is 0 Å². The molecule has 92 valence electrons. The topological polar surface area (TPSA) is 46.5 Å². The molecule has 0 aromatic heterocycles. The Morgan fingerprint density at radius 1 is 1.00 bits per heavy atom. The van der Waals surface area contributed by atoms with Gasteiger partial charge < -0.3 is 6.31 Å². The molecule has 1 N–H and O–H groups in total. The van der Waals surface area contributed by atoms with Crippen molar-refractivity contribution in [3.05, 3.63) is 0 Å². The quantitative estimate of drug-likeness (QED) is 0.269. The first-order valence-corrected chi connectivity index (χ1v) is 6.15. The van der Waals surface area contributed by atoms with E-state index in [4.69, 9.17) is 5.26 Å². The molecule has 0 radical (unpaired) electrons. The summed E-state index contributed by atoms with van der Waals surface area (Å²) in [5, 5.41) is 8.01. The van der Waals surface area contributed by atoms with E-state index in [0.29, 0.717) is 6.42 Å². The van der Waals surface area contributed by atoms with Crippen LogP contribution in [-0.2, 0) is 9.68 Å². The van der Waals surface area contributed by atoms with Crippen LogP contribution in [0.5, 0.6) is 0 Å². The predicted molar refractivity (Wildman–Crippen MR) is 61.7 cm³/mol. The molecular formula is C12H25NaO3. The predicted octanol–water partition coefficient (Wildman–Crippen LogP) is 1.04. The van der Waals surface area contributed by atoms with E-state index in [-0.39, 0.29) is 31.0 Å². The normalized spacial score (nSPS) is 9.62. The molecule has 0 unspecified atom stereocenters. The van der Waals surface area contributed by atoms with Gasteiger partial charge in [0.25, 0.3) is 0 Å². The van der Waals surface area contributed by atoms with Gasteiger partial charge in [0.1, 0.15) is 0 Å². The van der Waals surface area contributed by atoms with Crippen molar-refractivity contribution in [2.24, 2.45) is 0 Å². The smallest absolute Gasteiger partial charge is 1.00 e. The van der Waals surface area contributed by atoms with E-state index in [9.17, 15) is 4.79 Å². The minimum Gasteiger partial charge on any atom is -1.00 e. The second-order valence-corrected chi connectivity index (χ2v) is 4.04. The summed E-state index contributed by atoms with van der Waals surface area (Å²) in [6, 6.07) is 0. The van der Waals surface area contributed by atoms with E-state index in [1.54, 1.807) is 0 Å². The van der Waals surface area contributed by atoms with Gasteiger partial charge in [-0.05, 0) is 6.42 Å². The Labute approximate surface area is 123 Å². The zero-order chi connectivity index (χ0) is 11.4. The molecule has 0 aliphatic heterocycles. The van der Waals surface area contributed by atoms with E-state index in [1.807, 2.05) is 0 Å². The van der Waals surface area contributed by atoms with E-state index in [2.05, 4.69) is 11.8 Å². The first kappa shape index (κ1) is 18.8. The van der Waals surface area contributed by atoms with Crippen molar-refractivity contribution in [3.63, 3.8) is 0 Å². The molecule has 0 fully saturated rings. The number of hydrogen-bond donors (Lipinski definition) is 1. The SMILES string of the molecule is CCCCCCCCCCCC(=O)OO.[H-].[Na+]. The molecule has 0 aliphatic carbocycles. The summed E-state index contributed by atoms with van der Waals surface area (Å²) in [5.74, 6) is -0.516. The van der Waals surface area contributed by atoms with Crippen molar-refractivity contribution >= 4 is 5.97 Å². The van der Waals surface area contributed by atoms with Crippen molar-refractivity contribution < 1.29 is 45.9 Å². The number of rotatable bonds is 10. The van der Waals surface area contributed by atoms with Crippen LogP contribution in [0.15, 0.2) is 0 Å². The van der Waals surface area contributed by atoms with E-state index in [1.165, 1.54) is 44.9 Å². The van der Waals surface area contributed by atoms with Gasteiger partial charge in [0, 0.05) is 6.42 Å². The largest absolute Gasteiger partial charge is 1.00 e. The third kappa shape index (κ3) is 14.4. The zero-order valence-corrected chi connectivity index (χ0v) is 12.8. The van der Waals surface area contributed by atoms with E-state index in [0.717, 1.165) is 12.8 Å². The van der Waals surface area contributed by atoms with Crippen molar-refractivity contribution in [3.8, 4) is 0 Å². The fourth-order valence-electron chi connectivity index (χ4n) is 1.63. The number of carbonyl (C=O) groups excluding carboxylic acids is 1. The number of hydrogen-bond acceptors (Lipinski definition) is 3. The Balaban J connectivity index is -0.000000980. The molecule has 0 aromatic carbocycles. The van der Waals surface area contributed by atoms with Crippen molar-refractivity contribution in [1.29, 1.82) is 0 Å². The number of unbranched alkanes of at least 4 members (excludes halogenated alkanes) is 8. The van der Waals surface area contributed by atoms with Crippen LogP contribution in [0.25, 0.3) is 0 Å².